The van der Waals surface area contributed by atoms with Gasteiger partial charge in [0, 0.05) is 0 Å². The summed E-state index contributed by atoms with van der Waals surface area (Å²) in [5.74, 6) is 0. The van der Waals surface area contributed by atoms with E-state index in [2.05, 4.69) is 13.0 Å². The second-order valence-corrected chi connectivity index (χ2v) is 3.57. The van der Waals surface area contributed by atoms with Crippen molar-refractivity contribution in [3.8, 4) is 0 Å². The SMILES string of the molecule is CCC/C1=C/CCCCCC1. The molecule has 1 aliphatic carbocycles. The summed E-state index contributed by atoms with van der Waals surface area (Å²) in [5.41, 5.74) is 1.73. The van der Waals surface area contributed by atoms with Gasteiger partial charge in [-0.15, -0.1) is 0 Å². The first kappa shape index (κ1) is 8.83. The first-order chi connectivity index (χ1) is 5.43. The average Bonchev–Trinajstić information content (AvgIpc) is 1.94. The Morgan fingerprint density at radius 2 is 2.00 bits per heavy atom. The van der Waals surface area contributed by atoms with Crippen LogP contribution in [0, 0.1) is 0 Å². The molecule has 0 aliphatic heterocycles. The Labute approximate surface area is 70.7 Å². The highest BCUT2D eigenvalue weighted by molar-refractivity contribution is 5.02. The van der Waals surface area contributed by atoms with Gasteiger partial charge in [-0.1, -0.05) is 37.8 Å². The van der Waals surface area contributed by atoms with E-state index in [1.807, 2.05) is 0 Å². The lowest BCUT2D eigenvalue weighted by Gasteiger charge is -2.09. The molecular formula is C11H20. The third-order valence-corrected chi connectivity index (χ3v) is 2.46. The quantitative estimate of drug-likeness (QED) is 0.523. The van der Waals surface area contributed by atoms with Gasteiger partial charge in [0.25, 0.3) is 0 Å². The molecule has 0 radical (unpaired) electrons. The Hall–Kier alpha value is -0.260. The maximum absolute atomic E-state index is 2.49. The van der Waals surface area contributed by atoms with Crippen LogP contribution in [0.1, 0.15) is 58.3 Å². The third kappa shape index (κ3) is 3.60. The summed E-state index contributed by atoms with van der Waals surface area (Å²) in [6.45, 7) is 2.28. The summed E-state index contributed by atoms with van der Waals surface area (Å²) < 4.78 is 0. The van der Waals surface area contributed by atoms with Crippen molar-refractivity contribution in [2.24, 2.45) is 0 Å². The topological polar surface area (TPSA) is 0 Å². The van der Waals surface area contributed by atoms with Gasteiger partial charge in [0.15, 0.2) is 0 Å². The van der Waals surface area contributed by atoms with E-state index in [9.17, 15) is 0 Å². The summed E-state index contributed by atoms with van der Waals surface area (Å²) in [5, 5.41) is 0. The van der Waals surface area contributed by atoms with Crippen molar-refractivity contribution in [2.45, 2.75) is 58.3 Å². The van der Waals surface area contributed by atoms with Gasteiger partial charge in [-0.25, -0.2) is 0 Å². The molecule has 1 rings (SSSR count). The number of hydrogen-bond acceptors (Lipinski definition) is 0. The fraction of sp³-hybridized carbons (Fsp3) is 0.818. The van der Waals surface area contributed by atoms with Crippen molar-refractivity contribution < 1.29 is 0 Å². The van der Waals surface area contributed by atoms with E-state index < -0.39 is 0 Å². The molecule has 0 unspecified atom stereocenters. The van der Waals surface area contributed by atoms with Crippen LogP contribution in [-0.2, 0) is 0 Å². The zero-order chi connectivity index (χ0) is 7.94. The minimum absolute atomic E-state index is 1.33. The molecule has 0 atom stereocenters. The molecule has 0 heteroatoms. The van der Waals surface area contributed by atoms with E-state index in [1.165, 1.54) is 51.4 Å². The minimum Gasteiger partial charge on any atom is -0.0853 e. The Kier molecular flexibility index (Phi) is 4.33. The van der Waals surface area contributed by atoms with Gasteiger partial charge in [0.1, 0.15) is 0 Å². The molecular weight excluding hydrogens is 132 g/mol. The smallest absolute Gasteiger partial charge is 0.0320 e. The van der Waals surface area contributed by atoms with Gasteiger partial charge < -0.3 is 0 Å². The Balaban J connectivity index is 2.32. The molecule has 0 aromatic rings. The summed E-state index contributed by atoms with van der Waals surface area (Å²) in [6.07, 6.45) is 13.7. The van der Waals surface area contributed by atoms with E-state index in [0.717, 1.165) is 0 Å². The highest BCUT2D eigenvalue weighted by atomic mass is 14.1. The molecule has 0 saturated carbocycles. The summed E-state index contributed by atoms with van der Waals surface area (Å²) in [4.78, 5) is 0. The maximum atomic E-state index is 2.49. The standard InChI is InChI=1S/C11H20/c1-2-8-11-9-6-4-3-5-7-10-11/h9H,2-8,10H2,1H3/b11-9-. The normalized spacial score (nSPS) is 25.0. The molecule has 0 aromatic carbocycles. The first-order valence-electron chi connectivity index (χ1n) is 5.11. The molecule has 0 bridgehead atoms. The minimum atomic E-state index is 1.33. The number of rotatable bonds is 2. The van der Waals surface area contributed by atoms with Crippen LogP contribution in [-0.4, -0.2) is 0 Å². The van der Waals surface area contributed by atoms with Gasteiger partial charge in [-0.2, -0.15) is 0 Å². The molecule has 0 heterocycles. The van der Waals surface area contributed by atoms with E-state index in [4.69, 9.17) is 0 Å². The zero-order valence-electron chi connectivity index (χ0n) is 7.73. The molecule has 11 heavy (non-hydrogen) atoms. The van der Waals surface area contributed by atoms with Crippen LogP contribution in [0.3, 0.4) is 0 Å². The first-order valence-corrected chi connectivity index (χ1v) is 5.11. The molecule has 1 aliphatic rings. The lowest BCUT2D eigenvalue weighted by molar-refractivity contribution is 0.612. The van der Waals surface area contributed by atoms with E-state index in [1.54, 1.807) is 5.57 Å². The summed E-state index contributed by atoms with van der Waals surface area (Å²) >= 11 is 0. The van der Waals surface area contributed by atoms with Crippen LogP contribution in [0.4, 0.5) is 0 Å². The van der Waals surface area contributed by atoms with Crippen molar-refractivity contribution in [3.63, 3.8) is 0 Å². The van der Waals surface area contributed by atoms with Crippen LogP contribution >= 0.6 is 0 Å². The van der Waals surface area contributed by atoms with Gasteiger partial charge in [-0.05, 0) is 32.1 Å². The van der Waals surface area contributed by atoms with E-state index in [0.29, 0.717) is 0 Å². The van der Waals surface area contributed by atoms with Crippen LogP contribution in [0.5, 0.6) is 0 Å². The molecule has 0 fully saturated rings. The number of hydrogen-bond donors (Lipinski definition) is 0. The fourth-order valence-electron chi connectivity index (χ4n) is 1.81. The highest BCUT2D eigenvalue weighted by Gasteiger charge is 1.99. The van der Waals surface area contributed by atoms with Crippen LogP contribution < -0.4 is 0 Å². The third-order valence-electron chi connectivity index (χ3n) is 2.46. The Morgan fingerprint density at radius 1 is 1.18 bits per heavy atom. The molecule has 0 saturated heterocycles. The molecule has 0 nitrogen and oxygen atoms in total. The molecule has 0 N–H and O–H groups in total. The zero-order valence-corrected chi connectivity index (χ0v) is 7.73. The Bertz CT molecular complexity index is 122. The van der Waals surface area contributed by atoms with Crippen molar-refractivity contribution in [3.05, 3.63) is 11.6 Å². The van der Waals surface area contributed by atoms with Crippen LogP contribution in [0.25, 0.3) is 0 Å². The second-order valence-electron chi connectivity index (χ2n) is 3.57. The Morgan fingerprint density at radius 3 is 2.82 bits per heavy atom. The predicted octanol–water partition coefficient (Wildman–Crippen LogP) is 4.07. The number of allylic oxidation sites excluding steroid dienone is 2. The largest absolute Gasteiger partial charge is 0.0853 e. The van der Waals surface area contributed by atoms with Crippen LogP contribution in [0.2, 0.25) is 0 Å². The lowest BCUT2D eigenvalue weighted by Crippen LogP contribution is -1.89. The summed E-state index contributed by atoms with van der Waals surface area (Å²) in [6, 6.07) is 0. The van der Waals surface area contributed by atoms with Gasteiger partial charge in [0.2, 0.25) is 0 Å². The van der Waals surface area contributed by atoms with Gasteiger partial charge in [0.05, 0.1) is 0 Å². The van der Waals surface area contributed by atoms with Gasteiger partial charge in [-0.3, -0.25) is 0 Å². The fourth-order valence-corrected chi connectivity index (χ4v) is 1.81. The second kappa shape index (κ2) is 5.40. The lowest BCUT2D eigenvalue weighted by atomic mass is 9.97. The van der Waals surface area contributed by atoms with Crippen molar-refractivity contribution in [2.75, 3.05) is 0 Å². The van der Waals surface area contributed by atoms with Crippen molar-refractivity contribution in [1.29, 1.82) is 0 Å². The average molecular weight is 152 g/mol. The van der Waals surface area contributed by atoms with Crippen molar-refractivity contribution >= 4 is 0 Å². The molecule has 0 amide bonds. The van der Waals surface area contributed by atoms with E-state index in [-0.39, 0.29) is 0 Å². The highest BCUT2D eigenvalue weighted by Crippen LogP contribution is 2.19. The molecule has 0 spiro atoms. The maximum Gasteiger partial charge on any atom is -0.0320 e. The summed E-state index contributed by atoms with van der Waals surface area (Å²) in [7, 11) is 0. The molecule has 64 valence electrons. The molecule has 0 aromatic heterocycles. The van der Waals surface area contributed by atoms with Crippen molar-refractivity contribution in [1.82, 2.24) is 0 Å². The monoisotopic (exact) mass is 152 g/mol. The van der Waals surface area contributed by atoms with Gasteiger partial charge >= 0.3 is 0 Å². The van der Waals surface area contributed by atoms with E-state index >= 15 is 0 Å². The predicted molar refractivity (Wildman–Crippen MR) is 50.7 cm³/mol. The van der Waals surface area contributed by atoms with Crippen LogP contribution in [0.15, 0.2) is 11.6 Å².